The van der Waals surface area contributed by atoms with Crippen LogP contribution in [0.3, 0.4) is 0 Å². The van der Waals surface area contributed by atoms with E-state index in [1.54, 1.807) is 6.20 Å². The first-order valence-electron chi connectivity index (χ1n) is 4.25. The van der Waals surface area contributed by atoms with Gasteiger partial charge in [0.05, 0.1) is 0 Å². The molecule has 0 bridgehead atoms. The Morgan fingerprint density at radius 1 is 1.45 bits per heavy atom. The van der Waals surface area contributed by atoms with E-state index in [9.17, 15) is 0 Å². The lowest BCUT2D eigenvalue weighted by molar-refractivity contribution is 0.652. The number of nitrogens with zero attached hydrogens (tertiary/aromatic N) is 1. The van der Waals surface area contributed by atoms with Gasteiger partial charge in [-0.2, -0.15) is 0 Å². The van der Waals surface area contributed by atoms with Crippen LogP contribution in [-0.4, -0.2) is 19.3 Å². The smallest absolute Gasteiger partial charge is 0.0191 e. The summed E-state index contributed by atoms with van der Waals surface area (Å²) in [6.07, 6.45) is 6.89. The van der Waals surface area contributed by atoms with E-state index in [2.05, 4.69) is 23.8 Å². The molecule has 0 atom stereocenters. The van der Waals surface area contributed by atoms with E-state index >= 15 is 0 Å². The second-order valence-corrected chi connectivity index (χ2v) is 2.41. The van der Waals surface area contributed by atoms with E-state index in [4.69, 9.17) is 0 Å². The Labute approximate surface area is 69.4 Å². The molecule has 0 aromatic heterocycles. The molecular formula is C9H18N2. The number of unbranched alkanes of at least 4 members (excludes halogenated alkanes) is 1. The predicted octanol–water partition coefficient (Wildman–Crippen LogP) is 1.98. The Bertz CT molecular complexity index is 108. The van der Waals surface area contributed by atoms with Crippen LogP contribution < -0.4 is 5.32 Å². The van der Waals surface area contributed by atoms with Gasteiger partial charge in [-0.3, -0.25) is 4.99 Å². The van der Waals surface area contributed by atoms with Crippen LogP contribution >= 0.6 is 0 Å². The summed E-state index contributed by atoms with van der Waals surface area (Å²) in [6.45, 7) is 7.89. The zero-order chi connectivity index (χ0) is 8.36. The largest absolute Gasteiger partial charge is 0.317 e. The van der Waals surface area contributed by atoms with Crippen molar-refractivity contribution in [3.05, 3.63) is 12.8 Å². The highest BCUT2D eigenvalue weighted by atomic mass is 14.8. The molecule has 0 spiro atoms. The maximum absolute atomic E-state index is 3.90. The zero-order valence-corrected chi connectivity index (χ0v) is 7.34. The minimum atomic E-state index is 1.04. The Kier molecular flexibility index (Phi) is 8.83. The summed E-state index contributed by atoms with van der Waals surface area (Å²) < 4.78 is 0. The summed E-state index contributed by atoms with van der Waals surface area (Å²) in [5.74, 6) is 0. The van der Waals surface area contributed by atoms with Gasteiger partial charge < -0.3 is 5.32 Å². The highest BCUT2D eigenvalue weighted by Crippen LogP contribution is 1.83. The molecule has 11 heavy (non-hydrogen) atoms. The lowest BCUT2D eigenvalue weighted by atomic mass is 10.3. The van der Waals surface area contributed by atoms with E-state index in [-0.39, 0.29) is 0 Å². The molecule has 0 aromatic carbocycles. The standard InChI is InChI=1S/C9H18N2/c1-3-7-11-9-6-5-8-10-4-2/h4,8,11H,2-3,5-7,9H2,1H3/b10-8-. The van der Waals surface area contributed by atoms with Gasteiger partial charge in [0.15, 0.2) is 0 Å². The van der Waals surface area contributed by atoms with E-state index in [0.29, 0.717) is 0 Å². The summed E-state index contributed by atoms with van der Waals surface area (Å²) in [7, 11) is 0. The normalized spacial score (nSPS) is 10.6. The number of rotatable bonds is 7. The molecule has 0 rings (SSSR count). The Morgan fingerprint density at radius 2 is 2.27 bits per heavy atom. The van der Waals surface area contributed by atoms with Gasteiger partial charge in [0.2, 0.25) is 0 Å². The summed E-state index contributed by atoms with van der Waals surface area (Å²) in [4.78, 5) is 3.90. The predicted molar refractivity (Wildman–Crippen MR) is 51.1 cm³/mol. The van der Waals surface area contributed by atoms with Gasteiger partial charge in [0.1, 0.15) is 0 Å². The van der Waals surface area contributed by atoms with Crippen LogP contribution in [0, 0.1) is 0 Å². The van der Waals surface area contributed by atoms with Gasteiger partial charge in [-0.05, 0) is 32.4 Å². The van der Waals surface area contributed by atoms with Gasteiger partial charge in [0.25, 0.3) is 0 Å². The third-order valence-corrected chi connectivity index (χ3v) is 1.32. The molecule has 0 saturated heterocycles. The lowest BCUT2D eigenvalue weighted by Gasteiger charge is -1.98. The van der Waals surface area contributed by atoms with E-state index < -0.39 is 0 Å². The minimum Gasteiger partial charge on any atom is -0.317 e. The molecule has 2 nitrogen and oxygen atoms in total. The first kappa shape index (κ1) is 10.4. The summed E-state index contributed by atoms with van der Waals surface area (Å²) in [5.41, 5.74) is 0. The van der Waals surface area contributed by atoms with Crippen LogP contribution in [0.1, 0.15) is 26.2 Å². The molecule has 0 unspecified atom stereocenters. The van der Waals surface area contributed by atoms with Crippen LogP contribution in [0.15, 0.2) is 17.8 Å². The second kappa shape index (κ2) is 9.37. The molecular weight excluding hydrogens is 136 g/mol. The van der Waals surface area contributed by atoms with Gasteiger partial charge in [-0.1, -0.05) is 13.5 Å². The Morgan fingerprint density at radius 3 is 2.91 bits per heavy atom. The van der Waals surface area contributed by atoms with E-state index in [1.807, 2.05) is 6.21 Å². The molecule has 0 saturated carbocycles. The van der Waals surface area contributed by atoms with Crippen molar-refractivity contribution >= 4 is 6.21 Å². The Hall–Kier alpha value is -0.630. The average Bonchev–Trinajstić information content (AvgIpc) is 2.03. The fraction of sp³-hybridized carbons (Fsp3) is 0.667. The number of aliphatic imine (C=N–C) groups is 1. The maximum Gasteiger partial charge on any atom is 0.0191 e. The SMILES string of the molecule is C=C/N=C\CCCNCCC. The summed E-state index contributed by atoms with van der Waals surface area (Å²) >= 11 is 0. The number of nitrogens with one attached hydrogen (secondary N) is 1. The molecule has 0 radical (unpaired) electrons. The topological polar surface area (TPSA) is 24.4 Å². The van der Waals surface area contributed by atoms with E-state index in [1.165, 1.54) is 6.42 Å². The average molecular weight is 154 g/mol. The van der Waals surface area contributed by atoms with Crippen LogP contribution in [-0.2, 0) is 0 Å². The van der Waals surface area contributed by atoms with Gasteiger partial charge >= 0.3 is 0 Å². The fourth-order valence-corrected chi connectivity index (χ4v) is 0.769. The van der Waals surface area contributed by atoms with Crippen LogP contribution in [0.5, 0.6) is 0 Å². The van der Waals surface area contributed by atoms with Crippen molar-refractivity contribution in [3.8, 4) is 0 Å². The van der Waals surface area contributed by atoms with Crippen LogP contribution in [0.25, 0.3) is 0 Å². The molecule has 0 aliphatic heterocycles. The van der Waals surface area contributed by atoms with Crippen molar-refractivity contribution in [2.24, 2.45) is 4.99 Å². The molecule has 0 heterocycles. The van der Waals surface area contributed by atoms with Crippen molar-refractivity contribution in [2.75, 3.05) is 13.1 Å². The van der Waals surface area contributed by atoms with Gasteiger partial charge in [-0.25, -0.2) is 0 Å². The first-order chi connectivity index (χ1) is 5.41. The highest BCUT2D eigenvalue weighted by Gasteiger charge is 1.83. The maximum atomic E-state index is 3.90. The van der Waals surface area contributed by atoms with E-state index in [0.717, 1.165) is 25.9 Å². The molecule has 1 N–H and O–H groups in total. The molecule has 64 valence electrons. The second-order valence-electron chi connectivity index (χ2n) is 2.41. The molecule has 0 aromatic rings. The monoisotopic (exact) mass is 154 g/mol. The van der Waals surface area contributed by atoms with Gasteiger partial charge in [-0.15, -0.1) is 0 Å². The minimum absolute atomic E-state index is 1.04. The van der Waals surface area contributed by atoms with Gasteiger partial charge in [0, 0.05) is 12.4 Å². The summed E-state index contributed by atoms with van der Waals surface area (Å²) in [6, 6.07) is 0. The van der Waals surface area contributed by atoms with Crippen molar-refractivity contribution in [3.63, 3.8) is 0 Å². The zero-order valence-electron chi connectivity index (χ0n) is 7.34. The molecule has 0 aliphatic carbocycles. The summed E-state index contributed by atoms with van der Waals surface area (Å²) in [5, 5.41) is 3.32. The number of hydrogen-bond donors (Lipinski definition) is 1. The van der Waals surface area contributed by atoms with Crippen LogP contribution in [0.2, 0.25) is 0 Å². The molecule has 0 amide bonds. The lowest BCUT2D eigenvalue weighted by Crippen LogP contribution is -2.15. The van der Waals surface area contributed by atoms with Crippen molar-refractivity contribution < 1.29 is 0 Å². The number of hydrogen-bond acceptors (Lipinski definition) is 2. The van der Waals surface area contributed by atoms with Crippen molar-refractivity contribution in [1.82, 2.24) is 5.32 Å². The third-order valence-electron chi connectivity index (χ3n) is 1.32. The van der Waals surface area contributed by atoms with Crippen LogP contribution in [0.4, 0.5) is 0 Å². The van der Waals surface area contributed by atoms with Crippen molar-refractivity contribution in [1.29, 1.82) is 0 Å². The third kappa shape index (κ3) is 9.37. The molecule has 2 heteroatoms. The first-order valence-corrected chi connectivity index (χ1v) is 4.25. The van der Waals surface area contributed by atoms with Crippen molar-refractivity contribution in [2.45, 2.75) is 26.2 Å². The molecule has 0 aliphatic rings. The quantitative estimate of drug-likeness (QED) is 0.440. The fourth-order valence-electron chi connectivity index (χ4n) is 0.769. The highest BCUT2D eigenvalue weighted by molar-refractivity contribution is 5.57. The molecule has 0 fully saturated rings. The Balaban J connectivity index is 2.90.